The molecule has 4 atom stereocenters. The van der Waals surface area contributed by atoms with Crippen LogP contribution in [-0.4, -0.2) is 55.5 Å². The molecule has 1 aliphatic heterocycles. The normalized spacial score (nSPS) is 18.9. The first-order valence-electron chi connectivity index (χ1n) is 16.3. The van der Waals surface area contributed by atoms with Crippen molar-refractivity contribution in [1.29, 1.82) is 0 Å². The van der Waals surface area contributed by atoms with Crippen LogP contribution in [0.3, 0.4) is 0 Å². The lowest BCUT2D eigenvalue weighted by atomic mass is 9.83. The molecule has 1 aromatic heterocycles. The number of halogens is 6. The summed E-state index contributed by atoms with van der Waals surface area (Å²) < 4.78 is 84.5. The van der Waals surface area contributed by atoms with Gasteiger partial charge in [0.05, 0.1) is 23.8 Å². The van der Waals surface area contributed by atoms with E-state index in [0.29, 0.717) is 30.1 Å². The molecule has 3 aromatic rings. The number of carbonyl (C=O) groups is 1. The summed E-state index contributed by atoms with van der Waals surface area (Å²) in [6, 6.07) is 11.5. The maximum Gasteiger partial charge on any atom is 0.416 e. The van der Waals surface area contributed by atoms with E-state index in [1.54, 1.807) is 23.5 Å². The average Bonchev–Trinajstić information content (AvgIpc) is 3.43. The summed E-state index contributed by atoms with van der Waals surface area (Å²) in [7, 11) is 0. The molecule has 4 rings (SSSR count). The zero-order chi connectivity index (χ0) is 37.4. The van der Waals surface area contributed by atoms with Gasteiger partial charge < -0.3 is 20.3 Å². The van der Waals surface area contributed by atoms with Gasteiger partial charge in [-0.25, -0.2) is 4.79 Å². The maximum absolute atomic E-state index is 13.0. The molecule has 0 aliphatic carbocycles. The van der Waals surface area contributed by atoms with E-state index in [2.05, 4.69) is 10.3 Å². The number of aliphatic hydroxyl groups is 2. The first kappa shape index (κ1) is 40.7. The quantitative estimate of drug-likeness (QED) is 0.101. The van der Waals surface area contributed by atoms with E-state index in [4.69, 9.17) is 4.74 Å². The van der Waals surface area contributed by atoms with Crippen molar-refractivity contribution in [2.24, 2.45) is 5.41 Å². The van der Waals surface area contributed by atoms with Crippen LogP contribution < -0.4 is 11.0 Å². The molecule has 1 saturated heterocycles. The van der Waals surface area contributed by atoms with Crippen molar-refractivity contribution in [1.82, 2.24) is 9.55 Å². The molecule has 16 heteroatoms. The molecular formula is C35H41F6N3O5S2. The number of hydrogen-bond donors (Lipinski definition) is 3. The third-order valence-electron chi connectivity index (χ3n) is 8.48. The van der Waals surface area contributed by atoms with Gasteiger partial charge in [-0.1, -0.05) is 38.1 Å². The minimum atomic E-state index is -4.42. The maximum atomic E-state index is 13.0. The third kappa shape index (κ3) is 12.5. The molecule has 0 radical (unpaired) electrons. The fourth-order valence-corrected chi connectivity index (χ4v) is 7.89. The van der Waals surface area contributed by atoms with Crippen molar-refractivity contribution < 1.29 is 46.1 Å². The topological polar surface area (TPSA) is 114 Å². The zero-order valence-corrected chi connectivity index (χ0v) is 29.7. The Kier molecular flexibility index (Phi) is 14.1. The third-order valence-corrected chi connectivity index (χ3v) is 11.0. The van der Waals surface area contributed by atoms with Gasteiger partial charge >= 0.3 is 18.0 Å². The molecule has 0 spiro atoms. The van der Waals surface area contributed by atoms with Gasteiger partial charge in [-0.05, 0) is 71.9 Å². The second-order valence-electron chi connectivity index (χ2n) is 13.2. The average molecular weight is 762 g/mol. The number of nitrogens with zero attached hydrogens (tertiary/aromatic N) is 2. The van der Waals surface area contributed by atoms with E-state index in [9.17, 15) is 46.1 Å². The predicted molar refractivity (Wildman–Crippen MR) is 185 cm³/mol. The molecule has 3 N–H and O–H groups in total. The number of alkyl halides is 6. The van der Waals surface area contributed by atoms with Crippen molar-refractivity contribution in [3.63, 3.8) is 0 Å². The predicted octanol–water partition coefficient (Wildman–Crippen LogP) is 7.68. The number of hydrogen-bond acceptors (Lipinski definition) is 8. The van der Waals surface area contributed by atoms with Crippen LogP contribution in [0.4, 0.5) is 32.2 Å². The highest BCUT2D eigenvalue weighted by molar-refractivity contribution is 7.99. The zero-order valence-electron chi connectivity index (χ0n) is 28.0. The Labute approximate surface area is 300 Å². The monoisotopic (exact) mass is 761 g/mol. The van der Waals surface area contributed by atoms with Crippen molar-refractivity contribution in [3.05, 3.63) is 93.5 Å². The SMILES string of the molecule is CC(C)(CC[C@H](CCSCc1ccc(C(F)(F)F)cc1)SCc1ccc(C(F)(F)F)cc1)CC(=O)Nc1ccn([C@H]2C[C@@H](O)C(CO)O2)c(=O)n1. The number of aliphatic hydroxyl groups excluding tert-OH is 2. The van der Waals surface area contributed by atoms with E-state index in [1.807, 2.05) is 13.8 Å². The molecule has 1 unspecified atom stereocenters. The van der Waals surface area contributed by atoms with Gasteiger partial charge in [0.15, 0.2) is 0 Å². The molecule has 280 valence electrons. The summed E-state index contributed by atoms with van der Waals surface area (Å²) in [6.45, 7) is 3.48. The second kappa shape index (κ2) is 17.6. The van der Waals surface area contributed by atoms with Crippen LogP contribution in [0.2, 0.25) is 0 Å². The molecule has 0 saturated carbocycles. The largest absolute Gasteiger partial charge is 0.416 e. The Balaban J connectivity index is 1.31. The fraction of sp³-hybridized carbons (Fsp3) is 0.514. The van der Waals surface area contributed by atoms with Crippen molar-refractivity contribution in [2.75, 3.05) is 17.7 Å². The first-order chi connectivity index (χ1) is 23.9. The minimum absolute atomic E-state index is 0.0596. The summed E-state index contributed by atoms with van der Waals surface area (Å²) in [5.41, 5.74) is -1.07. The van der Waals surface area contributed by atoms with Gasteiger partial charge in [0.1, 0.15) is 18.1 Å². The lowest BCUT2D eigenvalue weighted by Gasteiger charge is -2.27. The van der Waals surface area contributed by atoms with Crippen molar-refractivity contribution in [3.8, 4) is 0 Å². The summed E-state index contributed by atoms with van der Waals surface area (Å²) in [5, 5.41) is 22.0. The Morgan fingerprint density at radius 3 is 2.08 bits per heavy atom. The first-order valence-corrected chi connectivity index (χ1v) is 18.5. The summed E-state index contributed by atoms with van der Waals surface area (Å²) in [5.74, 6) is 1.42. The van der Waals surface area contributed by atoms with E-state index >= 15 is 0 Å². The number of carbonyl (C=O) groups excluding carboxylic acids is 1. The lowest BCUT2D eigenvalue weighted by molar-refractivity contribution is -0.138. The Bertz CT molecular complexity index is 1640. The van der Waals surface area contributed by atoms with Crippen LogP contribution >= 0.6 is 23.5 Å². The molecule has 1 amide bonds. The summed E-state index contributed by atoms with van der Waals surface area (Å²) in [4.78, 5) is 29.5. The second-order valence-corrected chi connectivity index (χ2v) is 15.6. The van der Waals surface area contributed by atoms with Gasteiger partial charge in [0, 0.05) is 35.8 Å². The van der Waals surface area contributed by atoms with Crippen LogP contribution in [0.1, 0.15) is 74.4 Å². The number of benzene rings is 2. The number of amides is 1. The number of ether oxygens (including phenoxy) is 1. The van der Waals surface area contributed by atoms with Crippen LogP contribution in [0.5, 0.6) is 0 Å². The highest BCUT2D eigenvalue weighted by Gasteiger charge is 2.35. The number of rotatable bonds is 16. The molecule has 8 nitrogen and oxygen atoms in total. The molecule has 0 bridgehead atoms. The van der Waals surface area contributed by atoms with Gasteiger partial charge in [-0.2, -0.15) is 54.9 Å². The fourth-order valence-electron chi connectivity index (χ4n) is 5.52. The molecule has 2 aromatic carbocycles. The molecule has 51 heavy (non-hydrogen) atoms. The minimum Gasteiger partial charge on any atom is -0.394 e. The molecule has 1 fully saturated rings. The summed E-state index contributed by atoms with van der Waals surface area (Å²) in [6.07, 6.45) is -7.66. The molecule has 1 aliphatic rings. The van der Waals surface area contributed by atoms with Gasteiger partial charge in [-0.15, -0.1) is 0 Å². The standard InChI is InChI=1S/C35H41F6N3O5S2/c1-33(2,18-30(47)42-29-12-15-44(32(48)43-29)31-17-27(46)28(19-45)49-31)14-11-26(51-21-23-5-9-25(10-6-23)35(39,40)41)13-16-50-20-22-3-7-24(8-4-22)34(36,37)38/h3-10,12,15,26-28,31,45-46H,11,13-14,16-21H2,1-2H3,(H,42,43,47,48)/t26-,27-,28?,31-/m1/s1. The van der Waals surface area contributed by atoms with Gasteiger partial charge in [0.25, 0.3) is 0 Å². The van der Waals surface area contributed by atoms with Crippen molar-refractivity contribution >= 4 is 35.2 Å². The van der Waals surface area contributed by atoms with Crippen LogP contribution in [0.25, 0.3) is 0 Å². The highest BCUT2D eigenvalue weighted by atomic mass is 32.2. The Morgan fingerprint density at radius 2 is 1.55 bits per heavy atom. The number of anilines is 1. The number of thioether (sulfide) groups is 2. The van der Waals surface area contributed by atoms with Crippen LogP contribution in [0.15, 0.2) is 65.6 Å². The molecule has 2 heterocycles. The highest BCUT2D eigenvalue weighted by Crippen LogP contribution is 2.35. The lowest BCUT2D eigenvalue weighted by Crippen LogP contribution is -2.29. The number of aromatic nitrogens is 2. The molecular weight excluding hydrogens is 721 g/mol. The van der Waals surface area contributed by atoms with E-state index < -0.39 is 59.6 Å². The van der Waals surface area contributed by atoms with Gasteiger partial charge in [0.2, 0.25) is 5.91 Å². The summed E-state index contributed by atoms with van der Waals surface area (Å²) >= 11 is 3.19. The van der Waals surface area contributed by atoms with Crippen molar-refractivity contribution in [2.45, 2.75) is 93.5 Å². The van der Waals surface area contributed by atoms with E-state index in [1.165, 1.54) is 41.1 Å². The van der Waals surface area contributed by atoms with Crippen LogP contribution in [-0.2, 0) is 33.4 Å². The van der Waals surface area contributed by atoms with Crippen LogP contribution in [0, 0.1) is 5.41 Å². The van der Waals surface area contributed by atoms with E-state index in [0.717, 1.165) is 41.8 Å². The Morgan fingerprint density at radius 1 is 0.961 bits per heavy atom. The smallest absolute Gasteiger partial charge is 0.394 e. The van der Waals surface area contributed by atoms with E-state index in [-0.39, 0.29) is 29.8 Å². The Hall–Kier alpha value is -3.05. The number of nitrogens with one attached hydrogen (secondary N) is 1. The van der Waals surface area contributed by atoms with Gasteiger partial charge in [-0.3, -0.25) is 9.36 Å².